The number of hydrogen-bond donors (Lipinski definition) is 1. The normalized spacial score (nSPS) is 14.1. The monoisotopic (exact) mass is 295 g/mol. The zero-order valence-corrected chi connectivity index (χ0v) is 12.7. The largest absolute Gasteiger partial charge is 0.372 e. The Kier molecular flexibility index (Phi) is 4.68. The van der Waals surface area contributed by atoms with Gasteiger partial charge in [0.15, 0.2) is 0 Å². The van der Waals surface area contributed by atoms with E-state index in [0.29, 0.717) is 12.8 Å². The van der Waals surface area contributed by atoms with Crippen LogP contribution in [0.15, 0.2) is 48.8 Å². The number of benzene rings is 1. The van der Waals surface area contributed by atoms with Crippen molar-refractivity contribution < 1.29 is 4.79 Å². The lowest BCUT2D eigenvalue weighted by Crippen LogP contribution is -2.17. The molecule has 2 heterocycles. The number of amides is 1. The van der Waals surface area contributed by atoms with Gasteiger partial charge in [0.25, 0.3) is 0 Å². The molecule has 0 atom stereocenters. The third-order valence-corrected chi connectivity index (χ3v) is 3.99. The molecule has 1 aliphatic heterocycles. The molecule has 1 aromatic heterocycles. The molecule has 0 bridgehead atoms. The van der Waals surface area contributed by atoms with E-state index in [4.69, 9.17) is 0 Å². The Morgan fingerprint density at radius 2 is 1.91 bits per heavy atom. The molecule has 0 saturated carbocycles. The van der Waals surface area contributed by atoms with Crippen molar-refractivity contribution in [3.63, 3.8) is 0 Å². The highest BCUT2D eigenvalue weighted by Crippen LogP contribution is 2.22. The van der Waals surface area contributed by atoms with Crippen molar-refractivity contribution in [1.29, 1.82) is 0 Å². The molecule has 0 spiro atoms. The van der Waals surface area contributed by atoms with Gasteiger partial charge in [-0.15, -0.1) is 0 Å². The molecule has 0 unspecified atom stereocenters. The average Bonchev–Trinajstić information content (AvgIpc) is 3.09. The van der Waals surface area contributed by atoms with Crippen molar-refractivity contribution >= 4 is 17.3 Å². The topological polar surface area (TPSA) is 45.2 Å². The maximum absolute atomic E-state index is 12.0. The van der Waals surface area contributed by atoms with Gasteiger partial charge in [-0.1, -0.05) is 6.07 Å². The lowest BCUT2D eigenvalue weighted by atomic mass is 10.1. The van der Waals surface area contributed by atoms with Crippen LogP contribution in [0.4, 0.5) is 11.4 Å². The SMILES string of the molecule is O=C(CCc1cccnc1)Nc1ccc(N2CCCC2)cc1. The number of anilines is 2. The van der Waals surface area contributed by atoms with Crippen LogP contribution in [0.25, 0.3) is 0 Å². The smallest absolute Gasteiger partial charge is 0.224 e. The summed E-state index contributed by atoms with van der Waals surface area (Å²) in [4.78, 5) is 18.4. The molecule has 1 aliphatic rings. The molecule has 2 aromatic rings. The Labute approximate surface area is 131 Å². The number of aromatic nitrogens is 1. The maximum atomic E-state index is 12.0. The highest BCUT2D eigenvalue weighted by molar-refractivity contribution is 5.91. The maximum Gasteiger partial charge on any atom is 0.224 e. The van der Waals surface area contributed by atoms with Crippen LogP contribution in [0.1, 0.15) is 24.8 Å². The highest BCUT2D eigenvalue weighted by Gasteiger charge is 2.12. The molecule has 22 heavy (non-hydrogen) atoms. The highest BCUT2D eigenvalue weighted by atomic mass is 16.1. The fourth-order valence-electron chi connectivity index (χ4n) is 2.76. The number of pyridine rings is 1. The van der Waals surface area contributed by atoms with E-state index in [0.717, 1.165) is 24.3 Å². The van der Waals surface area contributed by atoms with Crippen molar-refractivity contribution in [1.82, 2.24) is 4.98 Å². The van der Waals surface area contributed by atoms with Gasteiger partial charge >= 0.3 is 0 Å². The number of carbonyl (C=O) groups excluding carboxylic acids is 1. The first-order valence-corrected chi connectivity index (χ1v) is 7.85. The van der Waals surface area contributed by atoms with E-state index >= 15 is 0 Å². The molecule has 4 nitrogen and oxygen atoms in total. The Morgan fingerprint density at radius 3 is 2.59 bits per heavy atom. The van der Waals surface area contributed by atoms with Gasteiger partial charge in [0, 0.05) is 43.3 Å². The fourth-order valence-corrected chi connectivity index (χ4v) is 2.76. The van der Waals surface area contributed by atoms with E-state index in [1.807, 2.05) is 24.3 Å². The van der Waals surface area contributed by atoms with E-state index in [9.17, 15) is 4.79 Å². The summed E-state index contributed by atoms with van der Waals surface area (Å²) in [7, 11) is 0. The summed E-state index contributed by atoms with van der Waals surface area (Å²) >= 11 is 0. The summed E-state index contributed by atoms with van der Waals surface area (Å²) in [5.74, 6) is 0.0396. The van der Waals surface area contributed by atoms with Crippen LogP contribution < -0.4 is 10.2 Å². The summed E-state index contributed by atoms with van der Waals surface area (Å²) in [5.41, 5.74) is 3.19. The van der Waals surface area contributed by atoms with E-state index in [1.165, 1.54) is 18.5 Å². The summed E-state index contributed by atoms with van der Waals surface area (Å²) in [6, 6.07) is 12.0. The lowest BCUT2D eigenvalue weighted by Gasteiger charge is -2.17. The Bertz CT molecular complexity index is 604. The van der Waals surface area contributed by atoms with Crippen molar-refractivity contribution in [2.75, 3.05) is 23.3 Å². The molecule has 1 amide bonds. The first-order valence-electron chi connectivity index (χ1n) is 7.85. The van der Waals surface area contributed by atoms with E-state index in [-0.39, 0.29) is 5.91 Å². The van der Waals surface area contributed by atoms with Gasteiger partial charge in [0.05, 0.1) is 0 Å². The summed E-state index contributed by atoms with van der Waals surface area (Å²) < 4.78 is 0. The predicted octanol–water partition coefficient (Wildman–Crippen LogP) is 3.25. The molecule has 1 saturated heterocycles. The zero-order valence-electron chi connectivity index (χ0n) is 12.7. The van der Waals surface area contributed by atoms with E-state index < -0.39 is 0 Å². The number of hydrogen-bond acceptors (Lipinski definition) is 3. The van der Waals surface area contributed by atoms with Gasteiger partial charge in [0.1, 0.15) is 0 Å². The minimum atomic E-state index is 0.0396. The molecule has 0 aliphatic carbocycles. The zero-order chi connectivity index (χ0) is 15.2. The predicted molar refractivity (Wildman–Crippen MR) is 89.1 cm³/mol. The van der Waals surface area contributed by atoms with Crippen molar-refractivity contribution in [2.45, 2.75) is 25.7 Å². The van der Waals surface area contributed by atoms with E-state index in [1.54, 1.807) is 12.4 Å². The first-order chi connectivity index (χ1) is 10.8. The number of rotatable bonds is 5. The number of carbonyl (C=O) groups is 1. The summed E-state index contributed by atoms with van der Waals surface area (Å²) in [6.45, 7) is 2.27. The van der Waals surface area contributed by atoms with Crippen LogP contribution in [0.5, 0.6) is 0 Å². The van der Waals surface area contributed by atoms with E-state index in [2.05, 4.69) is 27.3 Å². The lowest BCUT2D eigenvalue weighted by molar-refractivity contribution is -0.116. The third kappa shape index (κ3) is 3.85. The minimum Gasteiger partial charge on any atom is -0.372 e. The number of nitrogens with zero attached hydrogens (tertiary/aromatic N) is 2. The van der Waals surface area contributed by atoms with Gasteiger partial charge in [-0.3, -0.25) is 9.78 Å². The molecule has 0 radical (unpaired) electrons. The molecule has 114 valence electrons. The van der Waals surface area contributed by atoms with Crippen LogP contribution in [-0.4, -0.2) is 24.0 Å². The summed E-state index contributed by atoms with van der Waals surface area (Å²) in [6.07, 6.45) is 7.27. The van der Waals surface area contributed by atoms with Crippen LogP contribution in [0.2, 0.25) is 0 Å². The summed E-state index contributed by atoms with van der Waals surface area (Å²) in [5, 5.41) is 2.95. The second kappa shape index (κ2) is 7.07. The third-order valence-electron chi connectivity index (χ3n) is 3.99. The molecule has 1 fully saturated rings. The van der Waals surface area contributed by atoms with Crippen molar-refractivity contribution in [3.8, 4) is 0 Å². The van der Waals surface area contributed by atoms with Gasteiger partial charge in [-0.25, -0.2) is 0 Å². The molecule has 1 aromatic carbocycles. The second-order valence-corrected chi connectivity index (χ2v) is 5.65. The minimum absolute atomic E-state index is 0.0396. The van der Waals surface area contributed by atoms with Gasteiger partial charge < -0.3 is 10.2 Å². The average molecular weight is 295 g/mol. The fraction of sp³-hybridized carbons (Fsp3) is 0.333. The molecular weight excluding hydrogens is 274 g/mol. The first kappa shape index (κ1) is 14.6. The van der Waals surface area contributed by atoms with Crippen LogP contribution in [-0.2, 0) is 11.2 Å². The van der Waals surface area contributed by atoms with Crippen molar-refractivity contribution in [2.24, 2.45) is 0 Å². The second-order valence-electron chi connectivity index (χ2n) is 5.65. The van der Waals surface area contributed by atoms with Gasteiger partial charge in [0.2, 0.25) is 5.91 Å². The molecule has 3 rings (SSSR count). The van der Waals surface area contributed by atoms with Gasteiger partial charge in [-0.2, -0.15) is 0 Å². The standard InChI is InChI=1S/C18H21N3O/c22-18(10-5-15-4-3-11-19-14-15)20-16-6-8-17(9-7-16)21-12-1-2-13-21/h3-4,6-9,11,14H,1-2,5,10,12-13H2,(H,20,22). The number of aryl methyl sites for hydroxylation is 1. The van der Waals surface area contributed by atoms with Crippen molar-refractivity contribution in [3.05, 3.63) is 54.4 Å². The molecule has 1 N–H and O–H groups in total. The molecule has 4 heteroatoms. The Hall–Kier alpha value is -2.36. The van der Waals surface area contributed by atoms with Crippen LogP contribution >= 0.6 is 0 Å². The quantitative estimate of drug-likeness (QED) is 0.921. The van der Waals surface area contributed by atoms with Crippen LogP contribution in [0.3, 0.4) is 0 Å². The molecular formula is C18H21N3O. The Balaban J connectivity index is 1.50. The van der Waals surface area contributed by atoms with Gasteiger partial charge in [-0.05, 0) is 55.2 Å². The Morgan fingerprint density at radius 1 is 1.14 bits per heavy atom. The number of nitrogens with one attached hydrogen (secondary N) is 1. The van der Waals surface area contributed by atoms with Crippen LogP contribution in [0, 0.1) is 0 Å².